The number of nitrogens with one attached hydrogen (secondary N) is 1. The van der Waals surface area contributed by atoms with Gasteiger partial charge >= 0.3 is 0 Å². The predicted octanol–water partition coefficient (Wildman–Crippen LogP) is -0.417. The number of hydrogen-bond acceptors (Lipinski definition) is 7. The molecule has 2 heterocycles. The number of methoxy groups -OCH3 is 1. The minimum atomic E-state index is -2.03. The fourth-order valence-corrected chi connectivity index (χ4v) is 6.89. The van der Waals surface area contributed by atoms with Crippen molar-refractivity contribution in [3.05, 3.63) is 12.2 Å². The van der Waals surface area contributed by atoms with Crippen LogP contribution in [0.2, 0.25) is 0 Å². The first-order valence-corrected chi connectivity index (χ1v) is 11.1. The first kappa shape index (κ1) is 23.6. The Balaban J connectivity index is 2.23. The zero-order valence-electron chi connectivity index (χ0n) is 19.0. The smallest absolute Gasteiger partial charge is 0.256 e. The molecule has 4 N–H and O–H groups in total. The van der Waals surface area contributed by atoms with Crippen molar-refractivity contribution in [2.24, 2.45) is 10.8 Å². The number of aliphatic hydroxyl groups excluding tert-OH is 2. The van der Waals surface area contributed by atoms with E-state index in [0.717, 1.165) is 19.5 Å². The molecule has 30 heavy (non-hydrogen) atoms. The average Bonchev–Trinajstić information content (AvgIpc) is 3.12. The first-order valence-electron chi connectivity index (χ1n) is 11.1. The summed E-state index contributed by atoms with van der Waals surface area (Å²) in [6.07, 6.45) is 4.31. The molecule has 1 aliphatic carbocycles. The lowest BCUT2D eigenvalue weighted by Gasteiger charge is -2.66. The minimum absolute atomic E-state index is 0.0529. The van der Waals surface area contributed by atoms with Crippen molar-refractivity contribution < 1.29 is 24.9 Å². The van der Waals surface area contributed by atoms with E-state index in [1.165, 1.54) is 0 Å². The van der Waals surface area contributed by atoms with Crippen LogP contribution in [0.4, 0.5) is 0 Å². The van der Waals surface area contributed by atoms with Crippen LogP contribution < -0.4 is 5.32 Å². The van der Waals surface area contributed by atoms with Crippen LogP contribution in [0.15, 0.2) is 12.2 Å². The lowest BCUT2D eigenvalue weighted by atomic mass is 9.46. The summed E-state index contributed by atoms with van der Waals surface area (Å²) in [6.45, 7) is 5.82. The molecule has 0 bridgehead atoms. The third-order valence-corrected chi connectivity index (χ3v) is 8.06. The summed E-state index contributed by atoms with van der Waals surface area (Å²) in [6, 6.07) is -0.701. The van der Waals surface area contributed by atoms with Gasteiger partial charge in [0.1, 0.15) is 6.10 Å². The van der Waals surface area contributed by atoms with Crippen LogP contribution in [0.3, 0.4) is 0 Å². The van der Waals surface area contributed by atoms with Gasteiger partial charge in [0, 0.05) is 43.7 Å². The normalized spacial score (nSPS) is 41.7. The van der Waals surface area contributed by atoms with Crippen molar-refractivity contribution in [3.8, 4) is 0 Å². The summed E-state index contributed by atoms with van der Waals surface area (Å²) in [5.74, 6) is -0.589. The molecule has 4 unspecified atom stereocenters. The summed E-state index contributed by atoms with van der Waals surface area (Å²) in [4.78, 5) is 17.7. The number of ether oxygens (including phenoxy) is 1. The van der Waals surface area contributed by atoms with Crippen molar-refractivity contribution in [2.75, 3.05) is 47.4 Å². The van der Waals surface area contributed by atoms with Crippen molar-refractivity contribution >= 4 is 5.91 Å². The monoisotopic (exact) mass is 425 g/mol. The molecule has 7 atom stereocenters. The Morgan fingerprint density at radius 2 is 2.13 bits per heavy atom. The van der Waals surface area contributed by atoms with E-state index in [-0.39, 0.29) is 25.3 Å². The molecule has 0 aromatic rings. The van der Waals surface area contributed by atoms with E-state index >= 15 is 0 Å². The third kappa shape index (κ3) is 2.99. The summed E-state index contributed by atoms with van der Waals surface area (Å²) in [5.41, 5.74) is -3.35. The van der Waals surface area contributed by atoms with E-state index < -0.39 is 34.5 Å². The molecule has 1 amide bonds. The number of aliphatic hydroxyl groups is 3. The first-order chi connectivity index (χ1) is 14.2. The standard InChI is InChI=1S/C22H39N3O5/c1-6-20-9-7-12-25-13-10-21(16(20)25,15(2)30-5)17(24(3)4)22(29,18(20)27)19(28)23-11-8-14-26/h7,9,15-18,26-27,29H,6,8,10-14H2,1-5H3,(H,23,28)/t15?,16?,17?,18-,20-,21?,22+/m1/s1. The SMILES string of the molecule is CC[C@@]12C=CCN3CCC(C(C)OC)(C31)C(N(C)C)[C@@](O)(C(=O)NCCCO)[C@@H]2O. The van der Waals surface area contributed by atoms with Crippen LogP contribution in [-0.2, 0) is 9.53 Å². The van der Waals surface area contributed by atoms with E-state index in [2.05, 4.69) is 16.3 Å². The van der Waals surface area contributed by atoms with Gasteiger partial charge in [0.15, 0.2) is 5.60 Å². The second-order valence-corrected chi connectivity index (χ2v) is 9.43. The van der Waals surface area contributed by atoms with Crippen molar-refractivity contribution in [1.29, 1.82) is 0 Å². The Morgan fingerprint density at radius 1 is 1.43 bits per heavy atom. The Morgan fingerprint density at radius 3 is 2.70 bits per heavy atom. The number of hydrogen-bond donors (Lipinski definition) is 4. The summed E-state index contributed by atoms with van der Waals surface area (Å²) < 4.78 is 5.90. The number of amides is 1. The lowest BCUT2D eigenvalue weighted by molar-refractivity contribution is -0.254. The predicted molar refractivity (Wildman–Crippen MR) is 114 cm³/mol. The summed E-state index contributed by atoms with van der Waals surface area (Å²) in [7, 11) is 5.38. The van der Waals surface area contributed by atoms with Gasteiger partial charge < -0.3 is 30.3 Å². The van der Waals surface area contributed by atoms with Gasteiger partial charge in [-0.1, -0.05) is 19.1 Å². The van der Waals surface area contributed by atoms with Crippen LogP contribution in [0.1, 0.15) is 33.1 Å². The zero-order chi connectivity index (χ0) is 22.3. The highest BCUT2D eigenvalue weighted by Gasteiger charge is 2.76. The second-order valence-electron chi connectivity index (χ2n) is 9.43. The van der Waals surface area contributed by atoms with Crippen LogP contribution in [-0.4, -0.2) is 108 Å². The maximum atomic E-state index is 13.5. The molecular weight excluding hydrogens is 386 g/mol. The van der Waals surface area contributed by atoms with E-state index in [4.69, 9.17) is 9.84 Å². The van der Waals surface area contributed by atoms with Crippen LogP contribution in [0, 0.1) is 10.8 Å². The van der Waals surface area contributed by atoms with Gasteiger partial charge in [-0.25, -0.2) is 0 Å². The Hall–Kier alpha value is -1.03. The maximum Gasteiger partial charge on any atom is 0.256 e. The van der Waals surface area contributed by atoms with E-state index in [9.17, 15) is 15.0 Å². The van der Waals surface area contributed by atoms with Crippen molar-refractivity contribution in [2.45, 2.75) is 63.0 Å². The maximum absolute atomic E-state index is 13.5. The molecule has 2 aliphatic heterocycles. The van der Waals surface area contributed by atoms with Crippen LogP contribution in [0.5, 0.6) is 0 Å². The van der Waals surface area contributed by atoms with Gasteiger partial charge in [0.05, 0.1) is 12.1 Å². The van der Waals surface area contributed by atoms with Gasteiger partial charge in [-0.3, -0.25) is 9.69 Å². The molecule has 0 radical (unpaired) electrons. The highest BCUT2D eigenvalue weighted by atomic mass is 16.5. The number of rotatable bonds is 8. The summed E-state index contributed by atoms with van der Waals surface area (Å²) in [5, 5.41) is 35.7. The Kier molecular flexibility index (Phi) is 6.68. The van der Waals surface area contributed by atoms with Crippen molar-refractivity contribution in [3.63, 3.8) is 0 Å². The second kappa shape index (κ2) is 8.48. The van der Waals surface area contributed by atoms with Crippen LogP contribution >= 0.6 is 0 Å². The van der Waals surface area contributed by atoms with Gasteiger partial charge in [-0.05, 0) is 46.8 Å². The lowest BCUT2D eigenvalue weighted by Crippen LogP contribution is -2.83. The molecule has 172 valence electrons. The number of carbonyl (C=O) groups excluding carboxylic acids is 1. The number of nitrogens with zero attached hydrogens (tertiary/aromatic N) is 2. The largest absolute Gasteiger partial charge is 0.396 e. The highest BCUT2D eigenvalue weighted by Crippen LogP contribution is 2.63. The van der Waals surface area contributed by atoms with Gasteiger partial charge in [-0.2, -0.15) is 0 Å². The molecule has 1 saturated heterocycles. The molecule has 8 heteroatoms. The fourth-order valence-electron chi connectivity index (χ4n) is 6.89. The minimum Gasteiger partial charge on any atom is -0.396 e. The van der Waals surface area contributed by atoms with E-state index in [1.54, 1.807) is 7.11 Å². The Labute approximate surface area is 179 Å². The fraction of sp³-hybridized carbons (Fsp3) is 0.864. The molecule has 2 fully saturated rings. The molecule has 8 nitrogen and oxygen atoms in total. The van der Waals surface area contributed by atoms with E-state index in [1.807, 2.05) is 38.9 Å². The number of carbonyl (C=O) groups is 1. The molecule has 0 aromatic carbocycles. The topological polar surface area (TPSA) is 106 Å². The molecule has 3 aliphatic rings. The zero-order valence-corrected chi connectivity index (χ0v) is 19.0. The molecule has 1 saturated carbocycles. The number of likely N-dealkylation sites (N-methyl/N-ethyl adjacent to an activating group) is 1. The molecule has 0 aromatic heterocycles. The van der Waals surface area contributed by atoms with E-state index in [0.29, 0.717) is 12.8 Å². The quantitative estimate of drug-likeness (QED) is 0.309. The van der Waals surface area contributed by atoms with Gasteiger partial charge in [0.2, 0.25) is 0 Å². The Bertz CT molecular complexity index is 673. The highest BCUT2D eigenvalue weighted by molar-refractivity contribution is 5.87. The molecule has 3 rings (SSSR count). The van der Waals surface area contributed by atoms with Gasteiger partial charge in [0.25, 0.3) is 5.91 Å². The van der Waals surface area contributed by atoms with Crippen LogP contribution in [0.25, 0.3) is 0 Å². The third-order valence-electron chi connectivity index (χ3n) is 8.06. The average molecular weight is 426 g/mol. The van der Waals surface area contributed by atoms with Gasteiger partial charge in [-0.15, -0.1) is 0 Å². The van der Waals surface area contributed by atoms with Crippen molar-refractivity contribution in [1.82, 2.24) is 15.1 Å². The molecular formula is C22H39N3O5. The molecule has 0 spiro atoms. The summed E-state index contributed by atoms with van der Waals surface area (Å²) >= 11 is 0.